The molecular weight excluding hydrogens is 402 g/mol. The fraction of sp³-hybridized carbons (Fsp3) is 0.375. The quantitative estimate of drug-likeness (QED) is 0.696. The molecule has 0 unspecified atom stereocenters. The van der Waals surface area contributed by atoms with Gasteiger partial charge in [-0.05, 0) is 39.7 Å². The summed E-state index contributed by atoms with van der Waals surface area (Å²) in [6.45, 7) is 1.50. The minimum absolute atomic E-state index is 0.0134. The van der Waals surface area contributed by atoms with Gasteiger partial charge in [-0.2, -0.15) is 0 Å². The SMILES string of the molecule is CCC(F)(F)COc1nccc2c1C(=O)N(Cc1ccc(Br)s1)C2. The summed E-state index contributed by atoms with van der Waals surface area (Å²) in [5.41, 5.74) is 1.04. The summed E-state index contributed by atoms with van der Waals surface area (Å²) in [6.07, 6.45) is 1.16. The lowest BCUT2D eigenvalue weighted by molar-refractivity contribution is -0.0449. The number of fused-ring (bicyclic) bond motifs is 1. The highest BCUT2D eigenvalue weighted by Crippen LogP contribution is 2.32. The molecule has 0 spiro atoms. The standard InChI is InChI=1S/C16H15BrF2N2O2S/c1-2-16(18,19)9-23-14-13-10(5-6-20-14)7-21(15(13)22)8-11-3-4-12(17)24-11/h3-6H,2,7-9H2,1H3. The van der Waals surface area contributed by atoms with Crippen molar-refractivity contribution < 1.29 is 18.3 Å². The van der Waals surface area contributed by atoms with E-state index in [4.69, 9.17) is 4.74 Å². The van der Waals surface area contributed by atoms with Crippen molar-refractivity contribution >= 4 is 33.2 Å². The summed E-state index contributed by atoms with van der Waals surface area (Å²) >= 11 is 4.95. The first-order chi connectivity index (χ1) is 11.4. The lowest BCUT2D eigenvalue weighted by atomic mass is 10.2. The van der Waals surface area contributed by atoms with E-state index in [1.165, 1.54) is 13.1 Å². The largest absolute Gasteiger partial charge is 0.471 e. The van der Waals surface area contributed by atoms with Crippen LogP contribution in [-0.4, -0.2) is 28.3 Å². The molecule has 1 amide bonds. The summed E-state index contributed by atoms with van der Waals surface area (Å²) in [7, 11) is 0. The molecule has 0 N–H and O–H groups in total. The summed E-state index contributed by atoms with van der Waals surface area (Å²) in [5.74, 6) is -3.19. The second-order valence-electron chi connectivity index (χ2n) is 5.52. The number of rotatable bonds is 6. The molecule has 24 heavy (non-hydrogen) atoms. The molecule has 3 rings (SSSR count). The van der Waals surface area contributed by atoms with Crippen molar-refractivity contribution in [3.05, 3.63) is 44.2 Å². The van der Waals surface area contributed by atoms with Crippen LogP contribution in [0.3, 0.4) is 0 Å². The molecule has 0 bridgehead atoms. The second-order valence-corrected chi connectivity index (χ2v) is 8.06. The number of carbonyl (C=O) groups excluding carboxylic acids is 1. The van der Waals surface area contributed by atoms with E-state index in [0.717, 1.165) is 14.2 Å². The number of pyridine rings is 1. The molecule has 0 saturated carbocycles. The zero-order chi connectivity index (χ0) is 17.3. The van der Waals surface area contributed by atoms with Gasteiger partial charge in [-0.25, -0.2) is 13.8 Å². The average Bonchev–Trinajstić information content (AvgIpc) is 3.10. The Morgan fingerprint density at radius 2 is 2.21 bits per heavy atom. The van der Waals surface area contributed by atoms with Crippen LogP contribution >= 0.6 is 27.3 Å². The molecule has 0 atom stereocenters. The van der Waals surface area contributed by atoms with Crippen molar-refractivity contribution in [1.29, 1.82) is 0 Å². The summed E-state index contributed by atoms with van der Waals surface area (Å²) in [4.78, 5) is 19.3. The van der Waals surface area contributed by atoms with Gasteiger partial charge in [0, 0.05) is 24.0 Å². The summed E-state index contributed by atoms with van der Waals surface area (Å²) in [5, 5.41) is 0. The van der Waals surface area contributed by atoms with Crippen molar-refractivity contribution in [2.24, 2.45) is 0 Å². The van der Waals surface area contributed by atoms with Gasteiger partial charge in [-0.3, -0.25) is 4.79 Å². The Morgan fingerprint density at radius 3 is 2.88 bits per heavy atom. The maximum atomic E-state index is 13.4. The van der Waals surface area contributed by atoms with Crippen LogP contribution in [-0.2, 0) is 13.1 Å². The number of carbonyl (C=O) groups is 1. The van der Waals surface area contributed by atoms with E-state index >= 15 is 0 Å². The maximum absolute atomic E-state index is 13.4. The Kier molecular flexibility index (Phi) is 4.87. The Morgan fingerprint density at radius 1 is 1.42 bits per heavy atom. The Hall–Kier alpha value is -1.54. The third-order valence-corrected chi connectivity index (χ3v) is 5.39. The lowest BCUT2D eigenvalue weighted by Crippen LogP contribution is -2.26. The Balaban J connectivity index is 1.77. The number of alkyl halides is 2. The zero-order valence-corrected chi connectivity index (χ0v) is 15.3. The third-order valence-electron chi connectivity index (χ3n) is 3.78. The number of hydrogen-bond acceptors (Lipinski definition) is 4. The van der Waals surface area contributed by atoms with Gasteiger partial charge in [0.15, 0.2) is 6.61 Å². The number of thiophene rings is 1. The van der Waals surface area contributed by atoms with Gasteiger partial charge >= 0.3 is 0 Å². The minimum Gasteiger partial charge on any atom is -0.471 e. The molecule has 2 aromatic rings. The molecule has 1 aliphatic heterocycles. The van der Waals surface area contributed by atoms with Crippen molar-refractivity contribution in [3.63, 3.8) is 0 Å². The lowest BCUT2D eigenvalue weighted by Gasteiger charge is -2.16. The fourth-order valence-corrected chi connectivity index (χ4v) is 3.91. The molecule has 0 fully saturated rings. The number of ether oxygens (including phenoxy) is 1. The molecule has 2 aromatic heterocycles. The van der Waals surface area contributed by atoms with Crippen molar-refractivity contribution in [2.45, 2.75) is 32.4 Å². The molecule has 3 heterocycles. The van der Waals surface area contributed by atoms with Crippen LogP contribution in [0, 0.1) is 0 Å². The molecular formula is C16H15BrF2N2O2S. The topological polar surface area (TPSA) is 42.4 Å². The number of aromatic nitrogens is 1. The molecule has 128 valence electrons. The van der Waals surface area contributed by atoms with E-state index in [1.54, 1.807) is 22.3 Å². The van der Waals surface area contributed by atoms with Gasteiger partial charge < -0.3 is 9.64 Å². The first-order valence-electron chi connectivity index (χ1n) is 7.41. The van der Waals surface area contributed by atoms with Gasteiger partial charge in [-0.15, -0.1) is 11.3 Å². The highest BCUT2D eigenvalue weighted by atomic mass is 79.9. The molecule has 4 nitrogen and oxygen atoms in total. The molecule has 8 heteroatoms. The molecule has 0 radical (unpaired) electrons. The second kappa shape index (κ2) is 6.76. The summed E-state index contributed by atoms with van der Waals surface area (Å²) in [6, 6.07) is 5.60. The number of nitrogens with zero attached hydrogens (tertiary/aromatic N) is 2. The van der Waals surface area contributed by atoms with Gasteiger partial charge in [0.2, 0.25) is 5.88 Å². The zero-order valence-electron chi connectivity index (χ0n) is 12.9. The van der Waals surface area contributed by atoms with Crippen LogP contribution in [0.15, 0.2) is 28.2 Å². The van der Waals surface area contributed by atoms with Gasteiger partial charge in [-0.1, -0.05) is 6.92 Å². The van der Waals surface area contributed by atoms with Gasteiger partial charge in [0.25, 0.3) is 11.8 Å². The monoisotopic (exact) mass is 416 g/mol. The van der Waals surface area contributed by atoms with Crippen LogP contribution < -0.4 is 4.74 Å². The van der Waals surface area contributed by atoms with Crippen LogP contribution in [0.5, 0.6) is 5.88 Å². The van der Waals surface area contributed by atoms with Crippen LogP contribution in [0.4, 0.5) is 8.78 Å². The van der Waals surface area contributed by atoms with E-state index in [2.05, 4.69) is 20.9 Å². The molecule has 0 aromatic carbocycles. The number of halogens is 3. The fourth-order valence-electron chi connectivity index (χ4n) is 2.41. The van der Waals surface area contributed by atoms with Crippen molar-refractivity contribution in [2.75, 3.05) is 6.61 Å². The third kappa shape index (κ3) is 3.59. The highest BCUT2D eigenvalue weighted by molar-refractivity contribution is 9.11. The van der Waals surface area contributed by atoms with Crippen molar-refractivity contribution in [3.8, 4) is 5.88 Å². The molecule has 1 aliphatic rings. The molecule has 0 saturated heterocycles. The highest BCUT2D eigenvalue weighted by Gasteiger charge is 2.34. The smallest absolute Gasteiger partial charge is 0.281 e. The van der Waals surface area contributed by atoms with Crippen LogP contribution in [0.1, 0.15) is 34.1 Å². The Labute approximate surface area is 150 Å². The average molecular weight is 417 g/mol. The normalized spacial score (nSPS) is 14.2. The van der Waals surface area contributed by atoms with E-state index in [0.29, 0.717) is 18.7 Å². The Bertz CT molecular complexity index is 766. The first-order valence-corrected chi connectivity index (χ1v) is 9.02. The minimum atomic E-state index is -2.94. The van der Waals surface area contributed by atoms with E-state index in [9.17, 15) is 13.6 Å². The van der Waals surface area contributed by atoms with Gasteiger partial charge in [0.1, 0.15) is 5.56 Å². The molecule has 0 aliphatic carbocycles. The van der Waals surface area contributed by atoms with E-state index < -0.39 is 12.5 Å². The van der Waals surface area contributed by atoms with Crippen LogP contribution in [0.2, 0.25) is 0 Å². The predicted octanol–water partition coefficient (Wildman–Crippen LogP) is 4.49. The summed E-state index contributed by atoms with van der Waals surface area (Å²) < 4.78 is 33.0. The predicted molar refractivity (Wildman–Crippen MR) is 90.6 cm³/mol. The number of hydrogen-bond donors (Lipinski definition) is 0. The van der Waals surface area contributed by atoms with E-state index in [1.807, 2.05) is 12.1 Å². The maximum Gasteiger partial charge on any atom is 0.281 e. The van der Waals surface area contributed by atoms with Gasteiger partial charge in [0.05, 0.1) is 10.3 Å². The van der Waals surface area contributed by atoms with Crippen LogP contribution in [0.25, 0.3) is 0 Å². The number of amides is 1. The van der Waals surface area contributed by atoms with E-state index in [-0.39, 0.29) is 18.2 Å². The first kappa shape index (κ1) is 17.3. The van der Waals surface area contributed by atoms with Crippen molar-refractivity contribution in [1.82, 2.24) is 9.88 Å².